The Bertz CT molecular complexity index is 1540. The van der Waals surface area contributed by atoms with E-state index in [0.717, 1.165) is 44.5 Å². The zero-order valence-electron chi connectivity index (χ0n) is 22.8. The molecule has 1 atom stereocenters. The van der Waals surface area contributed by atoms with E-state index in [-0.39, 0.29) is 43.7 Å². The van der Waals surface area contributed by atoms with Crippen LogP contribution in [-0.2, 0) is 19.1 Å². The van der Waals surface area contributed by atoms with Crippen molar-refractivity contribution in [3.63, 3.8) is 0 Å². The minimum absolute atomic E-state index is 0.0733. The molecule has 0 aliphatic heterocycles. The summed E-state index contributed by atoms with van der Waals surface area (Å²) in [6.07, 6.45) is -0.441. The Kier molecular flexibility index (Phi) is 7.38. The van der Waals surface area contributed by atoms with Crippen LogP contribution in [0.5, 0.6) is 0 Å². The van der Waals surface area contributed by atoms with Gasteiger partial charge in [0.05, 0.1) is 0 Å². The van der Waals surface area contributed by atoms with E-state index in [2.05, 4.69) is 41.7 Å². The van der Waals surface area contributed by atoms with Crippen molar-refractivity contribution in [3.8, 4) is 22.3 Å². The topological polar surface area (TPSA) is 81.7 Å². The van der Waals surface area contributed by atoms with Gasteiger partial charge in [0.1, 0.15) is 25.0 Å². The molecule has 6 heteroatoms. The Hall–Kier alpha value is -4.71. The van der Waals surface area contributed by atoms with Gasteiger partial charge in [0, 0.05) is 18.3 Å². The van der Waals surface area contributed by atoms with Crippen molar-refractivity contribution in [2.24, 2.45) is 0 Å². The second-order valence-electron chi connectivity index (χ2n) is 10.6. The van der Waals surface area contributed by atoms with E-state index in [9.17, 15) is 14.4 Å². The summed E-state index contributed by atoms with van der Waals surface area (Å²) in [6.45, 7) is 1.72. The minimum Gasteiger partial charge on any atom is -0.463 e. The van der Waals surface area contributed by atoms with E-state index in [0.29, 0.717) is 0 Å². The summed E-state index contributed by atoms with van der Waals surface area (Å²) in [4.78, 5) is 37.9. The lowest BCUT2D eigenvalue weighted by atomic mass is 9.98. The summed E-state index contributed by atoms with van der Waals surface area (Å²) in [5.74, 6) is -0.857. The van der Waals surface area contributed by atoms with E-state index in [4.69, 9.17) is 9.47 Å². The molecular formula is C35H31NO5. The zero-order chi connectivity index (χ0) is 28.3. The van der Waals surface area contributed by atoms with Crippen molar-refractivity contribution in [2.45, 2.75) is 37.6 Å². The van der Waals surface area contributed by atoms with Crippen molar-refractivity contribution in [2.75, 3.05) is 13.2 Å². The van der Waals surface area contributed by atoms with Crippen molar-refractivity contribution >= 4 is 17.8 Å². The van der Waals surface area contributed by atoms with Crippen LogP contribution in [0.3, 0.4) is 0 Å². The third-order valence-electron chi connectivity index (χ3n) is 8.06. The first-order valence-electron chi connectivity index (χ1n) is 14.0. The molecule has 206 valence electrons. The smallest absolute Gasteiger partial charge is 0.407 e. The number of Topliss-reactive ketones (excluding diaryl/α,β-unsaturated/α-hetero) is 1. The molecule has 0 radical (unpaired) electrons. The van der Waals surface area contributed by atoms with Gasteiger partial charge in [-0.15, -0.1) is 0 Å². The van der Waals surface area contributed by atoms with E-state index >= 15 is 0 Å². The number of hydrogen-bond donors (Lipinski definition) is 1. The number of ketones is 1. The largest absolute Gasteiger partial charge is 0.463 e. The van der Waals surface area contributed by atoms with Gasteiger partial charge in [-0.05, 0) is 57.9 Å². The molecule has 41 heavy (non-hydrogen) atoms. The van der Waals surface area contributed by atoms with Crippen LogP contribution in [-0.4, -0.2) is 37.1 Å². The maximum absolute atomic E-state index is 13.3. The third-order valence-corrected chi connectivity index (χ3v) is 8.06. The molecule has 6 nitrogen and oxygen atoms in total. The van der Waals surface area contributed by atoms with Gasteiger partial charge in [0.25, 0.3) is 0 Å². The fourth-order valence-electron chi connectivity index (χ4n) is 6.08. The van der Waals surface area contributed by atoms with Gasteiger partial charge in [0.2, 0.25) is 0 Å². The van der Waals surface area contributed by atoms with Gasteiger partial charge >= 0.3 is 12.1 Å². The summed E-state index contributed by atoms with van der Waals surface area (Å²) in [7, 11) is 0. The van der Waals surface area contributed by atoms with Gasteiger partial charge in [0.15, 0.2) is 0 Å². The monoisotopic (exact) mass is 545 g/mol. The number of carbonyl (C=O) groups excluding carboxylic acids is 3. The second kappa shape index (κ2) is 11.4. The van der Waals surface area contributed by atoms with Crippen LogP contribution in [0.4, 0.5) is 4.79 Å². The number of hydrogen-bond acceptors (Lipinski definition) is 5. The molecule has 0 saturated heterocycles. The Morgan fingerprint density at radius 1 is 0.634 bits per heavy atom. The molecule has 0 heterocycles. The average Bonchev–Trinajstić information content (AvgIpc) is 3.49. The fraction of sp³-hybridized carbons (Fsp3) is 0.229. The van der Waals surface area contributed by atoms with Crippen LogP contribution < -0.4 is 5.32 Å². The summed E-state index contributed by atoms with van der Waals surface area (Å²) >= 11 is 0. The maximum atomic E-state index is 13.3. The molecule has 6 rings (SSSR count). The maximum Gasteiger partial charge on any atom is 0.407 e. The summed E-state index contributed by atoms with van der Waals surface area (Å²) in [5, 5.41) is 2.67. The van der Waals surface area contributed by atoms with Crippen LogP contribution >= 0.6 is 0 Å². The predicted octanol–water partition coefficient (Wildman–Crippen LogP) is 6.62. The fourth-order valence-corrected chi connectivity index (χ4v) is 6.08. The number of benzene rings is 4. The van der Waals surface area contributed by atoms with Crippen LogP contribution in [0.25, 0.3) is 22.3 Å². The van der Waals surface area contributed by atoms with E-state index < -0.39 is 18.1 Å². The molecule has 4 aromatic rings. The number of nitrogens with one attached hydrogen (secondary N) is 1. The SMILES string of the molecule is CC(=O)CCC(NC(=O)OCC1c2ccccc2-c2ccccc21)C(=O)OCC1c2ccccc2-c2ccccc21. The van der Waals surface area contributed by atoms with Crippen molar-refractivity contribution in [1.29, 1.82) is 0 Å². The quantitative estimate of drug-likeness (QED) is 0.239. The zero-order valence-corrected chi connectivity index (χ0v) is 22.8. The normalized spacial score (nSPS) is 13.9. The van der Waals surface area contributed by atoms with Gasteiger partial charge < -0.3 is 19.6 Å². The molecule has 2 aliphatic carbocycles. The number of esters is 1. The van der Waals surface area contributed by atoms with E-state index in [1.807, 2.05) is 60.7 Å². The molecule has 0 fully saturated rings. The van der Waals surface area contributed by atoms with Crippen LogP contribution in [0, 0.1) is 0 Å². The number of ether oxygens (including phenoxy) is 2. The lowest BCUT2D eigenvalue weighted by Gasteiger charge is -2.20. The van der Waals surface area contributed by atoms with Gasteiger partial charge in [-0.25, -0.2) is 9.59 Å². The van der Waals surface area contributed by atoms with Gasteiger partial charge in [-0.1, -0.05) is 97.1 Å². The molecule has 1 N–H and O–H groups in total. The Labute approximate surface area is 239 Å². The average molecular weight is 546 g/mol. The van der Waals surface area contributed by atoms with E-state index in [1.54, 1.807) is 0 Å². The van der Waals surface area contributed by atoms with Crippen LogP contribution in [0.1, 0.15) is 53.9 Å². The first-order chi connectivity index (χ1) is 20.0. The minimum atomic E-state index is -0.999. The molecular weight excluding hydrogens is 514 g/mol. The lowest BCUT2D eigenvalue weighted by Crippen LogP contribution is -2.43. The first kappa shape index (κ1) is 26.5. The van der Waals surface area contributed by atoms with Crippen LogP contribution in [0.15, 0.2) is 97.1 Å². The first-order valence-corrected chi connectivity index (χ1v) is 14.0. The predicted molar refractivity (Wildman–Crippen MR) is 157 cm³/mol. The molecule has 1 unspecified atom stereocenters. The molecule has 0 aromatic heterocycles. The molecule has 2 aliphatic rings. The molecule has 0 bridgehead atoms. The number of amides is 1. The van der Waals surface area contributed by atoms with Crippen molar-refractivity contribution in [1.82, 2.24) is 5.32 Å². The van der Waals surface area contributed by atoms with Crippen molar-refractivity contribution in [3.05, 3.63) is 119 Å². The summed E-state index contributed by atoms with van der Waals surface area (Å²) in [6, 6.07) is 31.4. The van der Waals surface area contributed by atoms with Crippen LogP contribution in [0.2, 0.25) is 0 Å². The second-order valence-corrected chi connectivity index (χ2v) is 10.6. The Morgan fingerprint density at radius 2 is 1.02 bits per heavy atom. The summed E-state index contributed by atoms with van der Waals surface area (Å²) < 4.78 is 11.4. The molecule has 1 amide bonds. The van der Waals surface area contributed by atoms with Crippen molar-refractivity contribution < 1.29 is 23.9 Å². The third kappa shape index (κ3) is 5.25. The number of alkyl carbamates (subject to hydrolysis) is 1. The molecule has 0 saturated carbocycles. The lowest BCUT2D eigenvalue weighted by molar-refractivity contribution is -0.146. The highest BCUT2D eigenvalue weighted by atomic mass is 16.6. The highest BCUT2D eigenvalue weighted by molar-refractivity contribution is 5.84. The number of fused-ring (bicyclic) bond motifs is 6. The number of carbonyl (C=O) groups is 3. The number of rotatable bonds is 9. The van der Waals surface area contributed by atoms with Gasteiger partial charge in [-0.2, -0.15) is 0 Å². The highest BCUT2D eigenvalue weighted by Crippen LogP contribution is 2.45. The standard InChI is InChI=1S/C35H31NO5/c1-22(37)18-19-33(34(38)40-20-31-27-14-6-2-10-23(27)24-11-3-7-15-28(24)31)36-35(39)41-21-32-29-16-8-4-12-25(29)26-13-5-9-17-30(26)32/h2-17,31-33H,18-21H2,1H3,(H,36,39). The molecule has 0 spiro atoms. The Balaban J connectivity index is 1.12. The van der Waals surface area contributed by atoms with E-state index in [1.165, 1.54) is 6.92 Å². The highest BCUT2D eigenvalue weighted by Gasteiger charge is 2.32. The Morgan fingerprint density at radius 3 is 1.44 bits per heavy atom. The van der Waals surface area contributed by atoms with Gasteiger partial charge in [-0.3, -0.25) is 0 Å². The summed E-state index contributed by atoms with van der Waals surface area (Å²) in [5.41, 5.74) is 8.95. The molecule has 4 aromatic carbocycles.